The van der Waals surface area contributed by atoms with Crippen LogP contribution >= 0.6 is 11.6 Å². The van der Waals surface area contributed by atoms with E-state index in [-0.39, 0.29) is 12.6 Å². The van der Waals surface area contributed by atoms with Crippen molar-refractivity contribution < 1.29 is 5.11 Å². The molecule has 1 aliphatic heterocycles. The molecule has 1 saturated heterocycles. The number of aliphatic hydroxyl groups is 1. The molecule has 1 atom stereocenters. The van der Waals surface area contributed by atoms with E-state index in [4.69, 9.17) is 16.7 Å². The summed E-state index contributed by atoms with van der Waals surface area (Å²) in [5.41, 5.74) is 2.37. The Morgan fingerprint density at radius 3 is 2.78 bits per heavy atom. The zero-order valence-corrected chi connectivity index (χ0v) is 11.6. The Balaban J connectivity index is 2.15. The van der Waals surface area contributed by atoms with E-state index >= 15 is 0 Å². The summed E-state index contributed by atoms with van der Waals surface area (Å²) in [5, 5.41) is 13.2. The van der Waals surface area contributed by atoms with Crippen molar-refractivity contribution in [3.63, 3.8) is 0 Å². The third-order valence-corrected chi connectivity index (χ3v) is 3.80. The number of hydrogen-bond acceptors (Lipinski definition) is 3. The number of nitrogens with zero attached hydrogens (tertiary/aromatic N) is 1. The van der Waals surface area contributed by atoms with Crippen LogP contribution in [0.2, 0.25) is 5.02 Å². The lowest BCUT2D eigenvalue weighted by Gasteiger charge is -2.23. The van der Waals surface area contributed by atoms with Gasteiger partial charge in [0.2, 0.25) is 0 Å². The first-order valence-electron chi connectivity index (χ1n) is 6.59. The van der Waals surface area contributed by atoms with Crippen LogP contribution in [0, 0.1) is 0 Å². The molecule has 0 unspecified atom stereocenters. The van der Waals surface area contributed by atoms with Crippen LogP contribution in [-0.4, -0.2) is 30.8 Å². The van der Waals surface area contributed by atoms with E-state index in [2.05, 4.69) is 16.3 Å². The maximum atomic E-state index is 9.06. The van der Waals surface area contributed by atoms with Gasteiger partial charge in [0.25, 0.3) is 0 Å². The van der Waals surface area contributed by atoms with Gasteiger partial charge in [-0.05, 0) is 31.9 Å². The monoisotopic (exact) mass is 268 g/mol. The van der Waals surface area contributed by atoms with Gasteiger partial charge in [0.1, 0.15) is 0 Å². The smallest absolute Gasteiger partial charge is 0.0582 e. The Kier molecular flexibility index (Phi) is 4.87. The Bertz CT molecular complexity index is 391. The summed E-state index contributed by atoms with van der Waals surface area (Å²) >= 11 is 6.31. The molecule has 2 rings (SSSR count). The summed E-state index contributed by atoms with van der Waals surface area (Å²) in [5.74, 6) is 0. The van der Waals surface area contributed by atoms with E-state index in [1.807, 2.05) is 19.1 Å². The van der Waals surface area contributed by atoms with Crippen molar-refractivity contribution in [1.82, 2.24) is 5.32 Å². The molecular formula is C14H21ClN2O. The maximum absolute atomic E-state index is 9.06. The normalized spacial score (nSPS) is 17.2. The number of nitrogens with one attached hydrogen (secondary N) is 1. The van der Waals surface area contributed by atoms with Crippen LogP contribution in [0.3, 0.4) is 0 Å². The molecule has 100 valence electrons. The molecule has 0 bridgehead atoms. The number of hydrogen-bond donors (Lipinski definition) is 2. The van der Waals surface area contributed by atoms with Crippen molar-refractivity contribution in [2.24, 2.45) is 0 Å². The van der Waals surface area contributed by atoms with E-state index in [0.717, 1.165) is 23.7 Å². The van der Waals surface area contributed by atoms with E-state index in [1.54, 1.807) is 0 Å². The quantitative estimate of drug-likeness (QED) is 0.861. The number of halogens is 1. The topological polar surface area (TPSA) is 35.5 Å². The predicted octanol–water partition coefficient (Wildman–Crippen LogP) is 2.41. The fourth-order valence-corrected chi connectivity index (χ4v) is 2.55. The largest absolute Gasteiger partial charge is 0.395 e. The second-order valence-electron chi connectivity index (χ2n) is 4.90. The standard InChI is InChI=1S/C14H21ClN2O/c1-11(10-18)16-9-12-13(15)5-4-6-14(12)17-7-2-3-8-17/h4-6,11,16,18H,2-3,7-10H2,1H3/t11-/m1/s1. The highest BCUT2D eigenvalue weighted by Crippen LogP contribution is 2.29. The Morgan fingerprint density at radius 1 is 1.39 bits per heavy atom. The number of benzene rings is 1. The van der Waals surface area contributed by atoms with Gasteiger partial charge in [0.15, 0.2) is 0 Å². The van der Waals surface area contributed by atoms with Crippen LogP contribution in [0.25, 0.3) is 0 Å². The van der Waals surface area contributed by atoms with E-state index < -0.39 is 0 Å². The van der Waals surface area contributed by atoms with Crippen LogP contribution in [0.4, 0.5) is 5.69 Å². The second-order valence-corrected chi connectivity index (χ2v) is 5.30. The Morgan fingerprint density at radius 2 is 2.11 bits per heavy atom. The molecule has 1 aromatic carbocycles. The zero-order chi connectivity index (χ0) is 13.0. The van der Waals surface area contributed by atoms with Crippen LogP contribution in [0.15, 0.2) is 18.2 Å². The molecule has 0 saturated carbocycles. The summed E-state index contributed by atoms with van der Waals surface area (Å²) in [7, 11) is 0. The molecule has 18 heavy (non-hydrogen) atoms. The van der Waals surface area contributed by atoms with Gasteiger partial charge >= 0.3 is 0 Å². The molecule has 3 nitrogen and oxygen atoms in total. The Hall–Kier alpha value is -0.770. The summed E-state index contributed by atoms with van der Waals surface area (Å²) in [4.78, 5) is 2.40. The van der Waals surface area contributed by atoms with E-state index in [9.17, 15) is 0 Å². The third kappa shape index (κ3) is 3.16. The van der Waals surface area contributed by atoms with Gasteiger partial charge in [0.05, 0.1) is 6.61 Å². The minimum atomic E-state index is 0.0905. The minimum Gasteiger partial charge on any atom is -0.395 e. The lowest BCUT2D eigenvalue weighted by molar-refractivity contribution is 0.251. The van der Waals surface area contributed by atoms with E-state index in [0.29, 0.717) is 6.54 Å². The molecule has 2 N–H and O–H groups in total. The summed E-state index contributed by atoms with van der Waals surface area (Å²) < 4.78 is 0. The van der Waals surface area contributed by atoms with Crippen molar-refractivity contribution in [1.29, 1.82) is 0 Å². The van der Waals surface area contributed by atoms with Crippen molar-refractivity contribution in [2.75, 3.05) is 24.6 Å². The highest BCUT2D eigenvalue weighted by Gasteiger charge is 2.17. The molecule has 0 aliphatic carbocycles. The van der Waals surface area contributed by atoms with Gasteiger partial charge in [-0.3, -0.25) is 0 Å². The van der Waals surface area contributed by atoms with Crippen molar-refractivity contribution in [3.8, 4) is 0 Å². The third-order valence-electron chi connectivity index (χ3n) is 3.44. The van der Waals surface area contributed by atoms with Crippen LogP contribution in [0.5, 0.6) is 0 Å². The average molecular weight is 269 g/mol. The molecule has 1 fully saturated rings. The van der Waals surface area contributed by atoms with Gasteiger partial charge in [-0.2, -0.15) is 0 Å². The zero-order valence-electron chi connectivity index (χ0n) is 10.8. The first kappa shape index (κ1) is 13.7. The maximum Gasteiger partial charge on any atom is 0.0582 e. The van der Waals surface area contributed by atoms with E-state index in [1.165, 1.54) is 18.5 Å². The van der Waals surface area contributed by atoms with Crippen LogP contribution in [-0.2, 0) is 6.54 Å². The lowest BCUT2D eigenvalue weighted by Crippen LogP contribution is -2.30. The molecule has 4 heteroatoms. The van der Waals surface area contributed by atoms with Gasteiger partial charge in [-0.15, -0.1) is 0 Å². The molecule has 0 amide bonds. The van der Waals surface area contributed by atoms with Gasteiger partial charge in [0, 0.05) is 41.9 Å². The number of rotatable bonds is 5. The first-order chi connectivity index (χ1) is 8.72. The summed E-state index contributed by atoms with van der Waals surface area (Å²) in [6.07, 6.45) is 2.51. The second kappa shape index (κ2) is 6.41. The molecule has 1 heterocycles. The minimum absolute atomic E-state index is 0.0905. The lowest BCUT2D eigenvalue weighted by atomic mass is 10.1. The van der Waals surface area contributed by atoms with Crippen LogP contribution < -0.4 is 10.2 Å². The Labute approximate surface area is 114 Å². The SMILES string of the molecule is C[C@H](CO)NCc1c(Cl)cccc1N1CCCC1. The molecule has 0 radical (unpaired) electrons. The molecule has 1 aromatic rings. The van der Waals surface area contributed by atoms with Crippen molar-refractivity contribution >= 4 is 17.3 Å². The highest BCUT2D eigenvalue weighted by molar-refractivity contribution is 6.31. The van der Waals surface area contributed by atoms with Gasteiger partial charge in [-0.25, -0.2) is 0 Å². The average Bonchev–Trinajstić information content (AvgIpc) is 2.90. The van der Waals surface area contributed by atoms with Crippen molar-refractivity contribution in [3.05, 3.63) is 28.8 Å². The van der Waals surface area contributed by atoms with Gasteiger partial charge in [-0.1, -0.05) is 17.7 Å². The fourth-order valence-electron chi connectivity index (χ4n) is 2.32. The summed E-state index contributed by atoms with van der Waals surface area (Å²) in [6.45, 7) is 5.04. The molecule has 1 aliphatic rings. The summed E-state index contributed by atoms with van der Waals surface area (Å²) in [6, 6.07) is 6.17. The van der Waals surface area contributed by atoms with Crippen LogP contribution in [0.1, 0.15) is 25.3 Å². The highest BCUT2D eigenvalue weighted by atomic mass is 35.5. The molecule has 0 spiro atoms. The first-order valence-corrected chi connectivity index (χ1v) is 6.96. The van der Waals surface area contributed by atoms with Crippen molar-refractivity contribution in [2.45, 2.75) is 32.4 Å². The predicted molar refractivity (Wildman–Crippen MR) is 76.3 cm³/mol. The van der Waals surface area contributed by atoms with Gasteiger partial charge < -0.3 is 15.3 Å². The molecular weight excluding hydrogens is 248 g/mol. The fraction of sp³-hybridized carbons (Fsp3) is 0.571. The molecule has 0 aromatic heterocycles. The number of anilines is 1. The number of aliphatic hydroxyl groups excluding tert-OH is 1.